The number of anilines is 3. The van der Waals surface area contributed by atoms with E-state index in [1.165, 1.54) is 10.5 Å². The molecule has 0 unspecified atom stereocenters. The van der Waals surface area contributed by atoms with Crippen LogP contribution in [0.25, 0.3) is 10.9 Å². The highest BCUT2D eigenvalue weighted by atomic mass is 35.5. The molecule has 1 aromatic carbocycles. The summed E-state index contributed by atoms with van der Waals surface area (Å²) in [7, 11) is 0. The van der Waals surface area contributed by atoms with E-state index in [2.05, 4.69) is 29.7 Å². The van der Waals surface area contributed by atoms with Gasteiger partial charge in [-0.3, -0.25) is 0 Å². The lowest BCUT2D eigenvalue weighted by Crippen LogP contribution is -2.57. The van der Waals surface area contributed by atoms with Crippen LogP contribution in [0.5, 0.6) is 0 Å². The van der Waals surface area contributed by atoms with Crippen LogP contribution < -0.4 is 14.7 Å². The number of rotatable bonds is 4. The summed E-state index contributed by atoms with van der Waals surface area (Å²) in [5, 5.41) is 1.74. The summed E-state index contributed by atoms with van der Waals surface area (Å²) in [6, 6.07) is 5.49. The molecule has 10 nitrogen and oxygen atoms in total. The molecule has 0 aliphatic carbocycles. The van der Waals surface area contributed by atoms with Crippen molar-refractivity contribution in [2.75, 3.05) is 60.6 Å². The molecule has 13 heteroatoms. The first-order chi connectivity index (χ1) is 18.8. The van der Waals surface area contributed by atoms with E-state index in [9.17, 15) is 8.78 Å². The summed E-state index contributed by atoms with van der Waals surface area (Å²) in [4.78, 5) is 32.3. The Morgan fingerprint density at radius 1 is 0.974 bits per heavy atom. The Kier molecular flexibility index (Phi) is 5.78. The molecule has 0 amide bonds. The number of aromatic amines is 1. The molecule has 2 fully saturated rings. The Bertz CT molecular complexity index is 1530. The van der Waals surface area contributed by atoms with Gasteiger partial charge >= 0.3 is 0 Å². The maximum absolute atomic E-state index is 13.6. The average molecular weight is 554 g/mol. The lowest BCUT2D eigenvalue weighted by Gasteiger charge is -2.40. The van der Waals surface area contributed by atoms with Crippen molar-refractivity contribution in [3.8, 4) is 0 Å². The monoisotopic (exact) mass is 553 g/mol. The number of ether oxygens (including phenoxy) is 1. The van der Waals surface area contributed by atoms with Crippen molar-refractivity contribution in [3.63, 3.8) is 0 Å². The number of H-pyrrole nitrogens is 1. The summed E-state index contributed by atoms with van der Waals surface area (Å²) in [6.07, 6.45) is 4.41. The van der Waals surface area contributed by atoms with Gasteiger partial charge in [0.15, 0.2) is 0 Å². The number of fused-ring (bicyclic) bond motifs is 3. The second-order valence-electron chi connectivity index (χ2n) is 10.2. The fourth-order valence-corrected chi connectivity index (χ4v) is 5.77. The van der Waals surface area contributed by atoms with Crippen LogP contribution in [0.15, 0.2) is 30.6 Å². The molecule has 7 rings (SSSR count). The van der Waals surface area contributed by atoms with Crippen LogP contribution in [0.1, 0.15) is 28.7 Å². The Morgan fingerprint density at radius 3 is 2.46 bits per heavy atom. The molecule has 1 N–H and O–H groups in total. The Labute approximate surface area is 228 Å². The minimum atomic E-state index is -2.73. The van der Waals surface area contributed by atoms with E-state index in [-0.39, 0.29) is 12.0 Å². The van der Waals surface area contributed by atoms with Crippen LogP contribution in [0, 0.1) is 6.92 Å². The zero-order chi connectivity index (χ0) is 26.7. The minimum absolute atomic E-state index is 0.260. The third-order valence-electron chi connectivity index (χ3n) is 7.46. The molecule has 1 atom stereocenters. The molecule has 0 spiro atoms. The van der Waals surface area contributed by atoms with Gasteiger partial charge < -0.3 is 24.4 Å². The average Bonchev–Trinajstić information content (AvgIpc) is 3.29. The molecule has 3 aromatic heterocycles. The van der Waals surface area contributed by atoms with E-state index < -0.39 is 19.0 Å². The summed E-state index contributed by atoms with van der Waals surface area (Å²) in [5.74, 6) is -0.913. The van der Waals surface area contributed by atoms with Gasteiger partial charge in [0.25, 0.3) is 5.92 Å². The molecule has 202 valence electrons. The van der Waals surface area contributed by atoms with E-state index in [1.54, 1.807) is 6.92 Å². The van der Waals surface area contributed by atoms with E-state index in [0.717, 1.165) is 41.7 Å². The second kappa shape index (κ2) is 9.23. The largest absolute Gasteiger partial charge is 0.378 e. The standard InChI is InChI=1S/C26H26ClF2N9O/c1-15-32-24(37-13-26(28,29)14-37)35-25(33-15)38-5-4-18-19-10-17(27)2-3-20(19)34-21(18)22(38)16-11-30-23(31-12-16)36-6-8-39-9-7-36/h2-3,10-12,22,34H,4-9,13-14H2,1H3/t22-/m0/s1. The SMILES string of the molecule is Cc1nc(N2CC(F)(F)C2)nc(N2CCc3c([nH]c4ccc(Cl)cc34)[C@@H]2c2cnc(N3CCOCC3)nc2)n1. The predicted molar refractivity (Wildman–Crippen MR) is 143 cm³/mol. The van der Waals surface area contributed by atoms with Crippen molar-refractivity contribution in [1.82, 2.24) is 29.9 Å². The molecule has 39 heavy (non-hydrogen) atoms. The summed E-state index contributed by atoms with van der Waals surface area (Å²) in [5.41, 5.74) is 3.99. The van der Waals surface area contributed by atoms with Crippen LogP contribution in [0.3, 0.4) is 0 Å². The maximum atomic E-state index is 13.6. The zero-order valence-electron chi connectivity index (χ0n) is 21.2. The molecule has 0 saturated carbocycles. The normalized spacial score (nSPS) is 20.7. The number of hydrogen-bond donors (Lipinski definition) is 1. The van der Waals surface area contributed by atoms with Crippen LogP contribution in [0.4, 0.5) is 26.6 Å². The number of aryl methyl sites for hydroxylation is 1. The van der Waals surface area contributed by atoms with Crippen molar-refractivity contribution < 1.29 is 13.5 Å². The summed E-state index contributed by atoms with van der Waals surface area (Å²) < 4.78 is 32.7. The van der Waals surface area contributed by atoms with Crippen LogP contribution in [0.2, 0.25) is 5.02 Å². The van der Waals surface area contributed by atoms with Crippen molar-refractivity contribution >= 4 is 40.3 Å². The summed E-state index contributed by atoms with van der Waals surface area (Å²) >= 11 is 6.35. The summed E-state index contributed by atoms with van der Waals surface area (Å²) in [6.45, 7) is 4.32. The first-order valence-corrected chi connectivity index (χ1v) is 13.3. The van der Waals surface area contributed by atoms with Gasteiger partial charge in [0.2, 0.25) is 17.8 Å². The van der Waals surface area contributed by atoms with Gasteiger partial charge in [-0.15, -0.1) is 0 Å². The first kappa shape index (κ1) is 24.4. The van der Waals surface area contributed by atoms with Crippen molar-refractivity contribution in [2.24, 2.45) is 0 Å². The Balaban J connectivity index is 1.31. The number of nitrogens with one attached hydrogen (secondary N) is 1. The highest BCUT2D eigenvalue weighted by Crippen LogP contribution is 2.41. The highest BCUT2D eigenvalue weighted by Gasteiger charge is 2.45. The van der Waals surface area contributed by atoms with Gasteiger partial charge in [-0.1, -0.05) is 11.6 Å². The predicted octanol–water partition coefficient (Wildman–Crippen LogP) is 3.55. The number of halogens is 3. The van der Waals surface area contributed by atoms with Gasteiger partial charge in [-0.25, -0.2) is 18.7 Å². The Morgan fingerprint density at radius 2 is 1.72 bits per heavy atom. The number of alkyl halides is 2. The number of morpholine rings is 1. The zero-order valence-corrected chi connectivity index (χ0v) is 22.0. The third-order valence-corrected chi connectivity index (χ3v) is 7.70. The smallest absolute Gasteiger partial charge is 0.282 e. The topological polar surface area (TPSA) is 99.2 Å². The van der Waals surface area contributed by atoms with E-state index >= 15 is 0 Å². The highest BCUT2D eigenvalue weighted by molar-refractivity contribution is 6.31. The first-order valence-electron chi connectivity index (χ1n) is 12.9. The number of benzene rings is 1. The number of aromatic nitrogens is 6. The Hall–Kier alpha value is -3.64. The molecular formula is C26H26ClF2N9O. The van der Waals surface area contributed by atoms with Gasteiger partial charge in [-0.05, 0) is 37.1 Å². The van der Waals surface area contributed by atoms with Gasteiger partial charge in [-0.2, -0.15) is 15.0 Å². The van der Waals surface area contributed by atoms with Crippen LogP contribution in [-0.4, -0.2) is 81.8 Å². The fraction of sp³-hybridized carbons (Fsp3) is 0.423. The maximum Gasteiger partial charge on any atom is 0.282 e. The van der Waals surface area contributed by atoms with Gasteiger partial charge in [0.05, 0.1) is 26.3 Å². The number of hydrogen-bond acceptors (Lipinski definition) is 9. The molecule has 3 aliphatic heterocycles. The van der Waals surface area contributed by atoms with Gasteiger partial charge in [0.1, 0.15) is 11.9 Å². The third kappa shape index (κ3) is 4.41. The van der Waals surface area contributed by atoms with Crippen molar-refractivity contribution in [3.05, 3.63) is 58.3 Å². The molecular weight excluding hydrogens is 528 g/mol. The second-order valence-corrected chi connectivity index (χ2v) is 10.6. The molecule has 0 bridgehead atoms. The van der Waals surface area contributed by atoms with Gasteiger partial charge in [0, 0.05) is 59.2 Å². The molecule has 3 aliphatic rings. The van der Waals surface area contributed by atoms with E-state index in [0.29, 0.717) is 42.5 Å². The lowest BCUT2D eigenvalue weighted by atomic mass is 9.94. The minimum Gasteiger partial charge on any atom is -0.378 e. The van der Waals surface area contributed by atoms with Crippen LogP contribution in [-0.2, 0) is 11.2 Å². The lowest BCUT2D eigenvalue weighted by molar-refractivity contribution is -0.0272. The molecule has 6 heterocycles. The molecule has 2 saturated heterocycles. The van der Waals surface area contributed by atoms with Crippen molar-refractivity contribution in [2.45, 2.75) is 25.3 Å². The molecule has 4 aromatic rings. The number of nitrogens with zero attached hydrogens (tertiary/aromatic N) is 8. The van der Waals surface area contributed by atoms with E-state index in [4.69, 9.17) is 26.3 Å². The van der Waals surface area contributed by atoms with Crippen LogP contribution >= 0.6 is 11.6 Å². The molecule has 0 radical (unpaired) electrons. The van der Waals surface area contributed by atoms with E-state index in [1.807, 2.05) is 30.6 Å². The fourth-order valence-electron chi connectivity index (χ4n) is 5.60. The quantitative estimate of drug-likeness (QED) is 0.407. The van der Waals surface area contributed by atoms with Crippen molar-refractivity contribution in [1.29, 1.82) is 0 Å².